The van der Waals surface area contributed by atoms with Crippen LogP contribution in [0, 0.1) is 11.8 Å². The molecule has 2 aliphatic carbocycles. The predicted octanol–water partition coefficient (Wildman–Crippen LogP) is 3.37. The number of nitrogens with one attached hydrogen (secondary N) is 1. The first-order chi connectivity index (χ1) is 8.63. The Morgan fingerprint density at radius 3 is 2.68 bits per heavy atom. The maximum Gasteiger partial charge on any atom is 0.253 e. The number of carbonyl (C=O) groups excluding carboxylic acids is 1. The molecule has 0 aromatic heterocycles. The molecule has 3 N–H and O–H groups in total. The van der Waals surface area contributed by atoms with Crippen molar-refractivity contribution >= 4 is 39.9 Å². The lowest BCUT2D eigenvalue weighted by molar-refractivity contribution is 0.0924. The van der Waals surface area contributed by atoms with E-state index in [4.69, 9.17) is 5.73 Å². The molecule has 0 spiro atoms. The molecule has 104 valence electrons. The Balaban J connectivity index is 0.00000133. The van der Waals surface area contributed by atoms with Gasteiger partial charge < -0.3 is 11.1 Å². The van der Waals surface area contributed by atoms with E-state index < -0.39 is 0 Å². The molecular formula is C14H18BrClN2O. The highest BCUT2D eigenvalue weighted by atomic mass is 79.9. The Labute approximate surface area is 127 Å². The number of hydrogen-bond acceptors (Lipinski definition) is 2. The van der Waals surface area contributed by atoms with Crippen LogP contribution in [0.4, 0.5) is 5.69 Å². The Kier molecular flexibility index (Phi) is 4.41. The van der Waals surface area contributed by atoms with E-state index in [1.165, 1.54) is 19.3 Å². The summed E-state index contributed by atoms with van der Waals surface area (Å²) in [7, 11) is 0. The summed E-state index contributed by atoms with van der Waals surface area (Å²) in [6, 6.07) is 5.77. The van der Waals surface area contributed by atoms with Crippen LogP contribution in [-0.2, 0) is 0 Å². The summed E-state index contributed by atoms with van der Waals surface area (Å²) in [6.45, 7) is 0. The van der Waals surface area contributed by atoms with Gasteiger partial charge in [0.05, 0.1) is 5.56 Å². The SMILES string of the molecule is Cl.Nc1cc(Br)ccc1C(=O)NC1CC2CCC1C2. The van der Waals surface area contributed by atoms with E-state index in [1.54, 1.807) is 12.1 Å². The van der Waals surface area contributed by atoms with E-state index in [9.17, 15) is 4.79 Å². The van der Waals surface area contributed by atoms with Crippen molar-refractivity contribution in [2.75, 3.05) is 5.73 Å². The van der Waals surface area contributed by atoms with Crippen LogP contribution >= 0.6 is 28.3 Å². The molecule has 1 aromatic carbocycles. The lowest BCUT2D eigenvalue weighted by Crippen LogP contribution is -2.38. The second kappa shape index (κ2) is 5.71. The number of hydrogen-bond donors (Lipinski definition) is 2. The number of nitrogens with two attached hydrogens (primary N) is 1. The molecule has 1 amide bonds. The number of carbonyl (C=O) groups is 1. The molecule has 0 saturated heterocycles. The molecule has 3 atom stereocenters. The van der Waals surface area contributed by atoms with E-state index in [0.29, 0.717) is 23.2 Å². The van der Waals surface area contributed by atoms with Crippen LogP contribution in [0.2, 0.25) is 0 Å². The van der Waals surface area contributed by atoms with Crippen LogP contribution in [0.5, 0.6) is 0 Å². The maximum atomic E-state index is 12.2. The normalized spacial score (nSPS) is 27.9. The molecular weight excluding hydrogens is 328 g/mol. The van der Waals surface area contributed by atoms with Gasteiger partial charge in [-0.05, 0) is 49.3 Å². The third-order valence-electron chi connectivity index (χ3n) is 4.31. The molecule has 2 bridgehead atoms. The van der Waals surface area contributed by atoms with E-state index in [-0.39, 0.29) is 18.3 Å². The number of benzene rings is 1. The first-order valence-corrected chi connectivity index (χ1v) is 7.28. The summed E-state index contributed by atoms with van der Waals surface area (Å²) in [5, 5.41) is 3.15. The van der Waals surface area contributed by atoms with Gasteiger partial charge in [-0.15, -0.1) is 12.4 Å². The summed E-state index contributed by atoms with van der Waals surface area (Å²) < 4.78 is 0.900. The van der Waals surface area contributed by atoms with Crippen molar-refractivity contribution in [1.82, 2.24) is 5.32 Å². The minimum Gasteiger partial charge on any atom is -0.398 e. The van der Waals surface area contributed by atoms with Crippen molar-refractivity contribution in [2.45, 2.75) is 31.7 Å². The molecule has 2 aliphatic rings. The third kappa shape index (κ3) is 2.90. The molecule has 0 heterocycles. The van der Waals surface area contributed by atoms with Gasteiger partial charge in [-0.25, -0.2) is 0 Å². The summed E-state index contributed by atoms with van der Waals surface area (Å²) >= 11 is 3.35. The largest absolute Gasteiger partial charge is 0.398 e. The van der Waals surface area contributed by atoms with Crippen LogP contribution in [0.15, 0.2) is 22.7 Å². The second-order valence-corrected chi connectivity index (χ2v) is 6.40. The fourth-order valence-corrected chi connectivity index (χ4v) is 3.79. The highest BCUT2D eigenvalue weighted by molar-refractivity contribution is 9.10. The van der Waals surface area contributed by atoms with Crippen LogP contribution in [0.1, 0.15) is 36.0 Å². The molecule has 5 heteroatoms. The quantitative estimate of drug-likeness (QED) is 0.807. The van der Waals surface area contributed by atoms with E-state index >= 15 is 0 Å². The van der Waals surface area contributed by atoms with Crippen molar-refractivity contribution in [3.63, 3.8) is 0 Å². The number of nitrogen functional groups attached to an aromatic ring is 1. The molecule has 0 radical (unpaired) electrons. The van der Waals surface area contributed by atoms with E-state index in [1.807, 2.05) is 6.07 Å². The van der Waals surface area contributed by atoms with Crippen molar-refractivity contribution in [2.24, 2.45) is 11.8 Å². The molecule has 3 unspecified atom stereocenters. The lowest BCUT2D eigenvalue weighted by atomic mass is 9.95. The molecule has 1 aromatic rings. The molecule has 19 heavy (non-hydrogen) atoms. The van der Waals surface area contributed by atoms with E-state index in [0.717, 1.165) is 16.8 Å². The number of anilines is 1. The summed E-state index contributed by atoms with van der Waals surface area (Å²) in [5.41, 5.74) is 7.00. The average Bonchev–Trinajstić information content (AvgIpc) is 2.90. The van der Waals surface area contributed by atoms with Crippen LogP contribution in [-0.4, -0.2) is 11.9 Å². The fraction of sp³-hybridized carbons (Fsp3) is 0.500. The minimum absolute atomic E-state index is 0. The van der Waals surface area contributed by atoms with Crippen molar-refractivity contribution < 1.29 is 4.79 Å². The van der Waals surface area contributed by atoms with Gasteiger partial charge in [0.1, 0.15) is 0 Å². The minimum atomic E-state index is -0.0300. The van der Waals surface area contributed by atoms with Gasteiger partial charge in [-0.3, -0.25) is 4.79 Å². The van der Waals surface area contributed by atoms with Gasteiger partial charge in [0.25, 0.3) is 5.91 Å². The summed E-state index contributed by atoms with van der Waals surface area (Å²) in [6.07, 6.45) is 5.05. The lowest BCUT2D eigenvalue weighted by Gasteiger charge is -2.23. The Bertz CT molecular complexity index is 494. The standard InChI is InChI=1S/C14H17BrN2O.ClH/c15-10-3-4-11(12(16)7-10)14(18)17-13-6-8-1-2-9(13)5-8;/h3-4,7-9,13H,1-2,5-6,16H2,(H,17,18);1H. The molecule has 2 fully saturated rings. The number of halogens is 2. The third-order valence-corrected chi connectivity index (χ3v) is 4.81. The summed E-state index contributed by atoms with van der Waals surface area (Å²) in [5.74, 6) is 1.50. The first kappa shape index (κ1) is 14.7. The highest BCUT2D eigenvalue weighted by Crippen LogP contribution is 2.44. The average molecular weight is 346 g/mol. The van der Waals surface area contributed by atoms with Crippen molar-refractivity contribution in [3.05, 3.63) is 28.2 Å². The van der Waals surface area contributed by atoms with Gasteiger partial charge in [-0.1, -0.05) is 22.4 Å². The van der Waals surface area contributed by atoms with Gasteiger partial charge in [0.2, 0.25) is 0 Å². The Morgan fingerprint density at radius 2 is 2.11 bits per heavy atom. The topological polar surface area (TPSA) is 55.1 Å². The molecule has 0 aliphatic heterocycles. The van der Waals surface area contributed by atoms with Gasteiger partial charge >= 0.3 is 0 Å². The highest BCUT2D eigenvalue weighted by Gasteiger charge is 2.40. The van der Waals surface area contributed by atoms with Crippen LogP contribution in [0.3, 0.4) is 0 Å². The zero-order chi connectivity index (χ0) is 12.7. The van der Waals surface area contributed by atoms with Crippen molar-refractivity contribution in [3.8, 4) is 0 Å². The van der Waals surface area contributed by atoms with Gasteiger partial charge in [0.15, 0.2) is 0 Å². The number of fused-ring (bicyclic) bond motifs is 2. The van der Waals surface area contributed by atoms with Crippen molar-refractivity contribution in [1.29, 1.82) is 0 Å². The maximum absolute atomic E-state index is 12.2. The Morgan fingerprint density at radius 1 is 1.32 bits per heavy atom. The molecule has 3 nitrogen and oxygen atoms in total. The fourth-order valence-electron chi connectivity index (χ4n) is 3.41. The van der Waals surface area contributed by atoms with Gasteiger partial charge in [-0.2, -0.15) is 0 Å². The number of rotatable bonds is 2. The monoisotopic (exact) mass is 344 g/mol. The zero-order valence-electron chi connectivity index (χ0n) is 10.6. The summed E-state index contributed by atoms with van der Waals surface area (Å²) in [4.78, 5) is 12.2. The molecule has 3 rings (SSSR count). The first-order valence-electron chi connectivity index (χ1n) is 6.49. The van der Waals surface area contributed by atoms with E-state index in [2.05, 4.69) is 21.2 Å². The van der Waals surface area contributed by atoms with Crippen LogP contribution in [0.25, 0.3) is 0 Å². The molecule has 2 saturated carbocycles. The Hall–Kier alpha value is -0.740. The predicted molar refractivity (Wildman–Crippen MR) is 82.5 cm³/mol. The zero-order valence-corrected chi connectivity index (χ0v) is 13.0. The number of amides is 1. The smallest absolute Gasteiger partial charge is 0.253 e. The second-order valence-electron chi connectivity index (χ2n) is 5.49. The van der Waals surface area contributed by atoms with Crippen LogP contribution < -0.4 is 11.1 Å². The van der Waals surface area contributed by atoms with Gasteiger partial charge in [0, 0.05) is 16.2 Å².